The first kappa shape index (κ1) is 13.8. The van der Waals surface area contributed by atoms with Crippen molar-refractivity contribution in [3.8, 4) is 11.1 Å². The standard InChI is InChI=1S/C18H23N/c1-14(2)12-18(13-19)17-10-8-16(9-11-17)15-6-4-3-5-7-15/h3-11,14,18H,12-13,19H2,1-2H3. The van der Waals surface area contributed by atoms with Crippen LogP contribution in [0, 0.1) is 5.92 Å². The molecule has 0 heterocycles. The zero-order valence-corrected chi connectivity index (χ0v) is 11.8. The van der Waals surface area contributed by atoms with Crippen LogP contribution in [0.25, 0.3) is 11.1 Å². The third-order valence-electron chi connectivity index (χ3n) is 3.53. The lowest BCUT2D eigenvalue weighted by Crippen LogP contribution is -2.14. The minimum Gasteiger partial charge on any atom is -0.330 e. The van der Waals surface area contributed by atoms with E-state index in [0.717, 1.165) is 13.0 Å². The maximum atomic E-state index is 5.90. The summed E-state index contributed by atoms with van der Waals surface area (Å²) in [6, 6.07) is 19.3. The Morgan fingerprint density at radius 1 is 0.842 bits per heavy atom. The van der Waals surface area contributed by atoms with Gasteiger partial charge in [0.1, 0.15) is 0 Å². The van der Waals surface area contributed by atoms with Gasteiger partial charge < -0.3 is 5.73 Å². The van der Waals surface area contributed by atoms with E-state index >= 15 is 0 Å². The number of nitrogens with two attached hydrogens (primary N) is 1. The van der Waals surface area contributed by atoms with Gasteiger partial charge in [-0.25, -0.2) is 0 Å². The van der Waals surface area contributed by atoms with Crippen LogP contribution < -0.4 is 5.73 Å². The van der Waals surface area contributed by atoms with E-state index in [2.05, 4.69) is 62.4 Å². The number of rotatable bonds is 5. The van der Waals surface area contributed by atoms with E-state index in [9.17, 15) is 0 Å². The summed E-state index contributed by atoms with van der Waals surface area (Å²) in [6.45, 7) is 5.23. The van der Waals surface area contributed by atoms with Crippen LogP contribution in [0.4, 0.5) is 0 Å². The molecule has 0 aliphatic heterocycles. The zero-order chi connectivity index (χ0) is 13.7. The first-order valence-electron chi connectivity index (χ1n) is 7.06. The molecule has 100 valence electrons. The molecule has 0 bridgehead atoms. The van der Waals surface area contributed by atoms with Crippen molar-refractivity contribution in [2.45, 2.75) is 26.2 Å². The topological polar surface area (TPSA) is 26.0 Å². The lowest BCUT2D eigenvalue weighted by Gasteiger charge is -2.17. The van der Waals surface area contributed by atoms with Gasteiger partial charge in [-0.15, -0.1) is 0 Å². The molecule has 1 unspecified atom stereocenters. The third kappa shape index (κ3) is 3.68. The minimum atomic E-state index is 0.477. The van der Waals surface area contributed by atoms with E-state index in [0.29, 0.717) is 11.8 Å². The van der Waals surface area contributed by atoms with Crippen LogP contribution in [0.15, 0.2) is 54.6 Å². The molecule has 1 atom stereocenters. The quantitative estimate of drug-likeness (QED) is 0.837. The highest BCUT2D eigenvalue weighted by Crippen LogP contribution is 2.26. The maximum Gasteiger partial charge on any atom is -0.000814 e. The van der Waals surface area contributed by atoms with Gasteiger partial charge >= 0.3 is 0 Å². The molecule has 0 spiro atoms. The number of hydrogen-bond acceptors (Lipinski definition) is 1. The first-order chi connectivity index (χ1) is 9.20. The van der Waals surface area contributed by atoms with Gasteiger partial charge in [0.25, 0.3) is 0 Å². The molecular formula is C18H23N. The van der Waals surface area contributed by atoms with Gasteiger partial charge in [-0.3, -0.25) is 0 Å². The Morgan fingerprint density at radius 2 is 1.42 bits per heavy atom. The predicted octanol–water partition coefficient (Wildman–Crippen LogP) is 4.44. The fourth-order valence-electron chi connectivity index (χ4n) is 2.52. The molecule has 0 aromatic heterocycles. The summed E-state index contributed by atoms with van der Waals surface area (Å²) in [7, 11) is 0. The summed E-state index contributed by atoms with van der Waals surface area (Å²) < 4.78 is 0. The summed E-state index contributed by atoms with van der Waals surface area (Å²) in [6.07, 6.45) is 1.15. The van der Waals surface area contributed by atoms with Gasteiger partial charge in [0, 0.05) is 0 Å². The highest BCUT2D eigenvalue weighted by molar-refractivity contribution is 5.63. The van der Waals surface area contributed by atoms with Crippen molar-refractivity contribution in [1.29, 1.82) is 0 Å². The van der Waals surface area contributed by atoms with Crippen molar-refractivity contribution in [2.75, 3.05) is 6.54 Å². The molecule has 0 fully saturated rings. The molecule has 0 aliphatic carbocycles. The second-order valence-corrected chi connectivity index (χ2v) is 5.55. The van der Waals surface area contributed by atoms with Crippen molar-refractivity contribution in [2.24, 2.45) is 11.7 Å². The predicted molar refractivity (Wildman–Crippen MR) is 83.1 cm³/mol. The number of hydrogen-bond donors (Lipinski definition) is 1. The van der Waals surface area contributed by atoms with Gasteiger partial charge in [0.05, 0.1) is 0 Å². The zero-order valence-electron chi connectivity index (χ0n) is 11.8. The lowest BCUT2D eigenvalue weighted by molar-refractivity contribution is 0.504. The molecule has 0 radical (unpaired) electrons. The van der Waals surface area contributed by atoms with Crippen LogP contribution in [0.2, 0.25) is 0 Å². The smallest absolute Gasteiger partial charge is 0.000814 e. The largest absolute Gasteiger partial charge is 0.330 e. The SMILES string of the molecule is CC(C)CC(CN)c1ccc(-c2ccccc2)cc1. The van der Waals surface area contributed by atoms with E-state index in [1.165, 1.54) is 16.7 Å². The van der Waals surface area contributed by atoms with E-state index in [-0.39, 0.29) is 0 Å². The van der Waals surface area contributed by atoms with Gasteiger partial charge in [-0.05, 0) is 41.5 Å². The highest BCUT2D eigenvalue weighted by Gasteiger charge is 2.11. The van der Waals surface area contributed by atoms with E-state index < -0.39 is 0 Å². The van der Waals surface area contributed by atoms with Gasteiger partial charge in [0.15, 0.2) is 0 Å². The normalized spacial score (nSPS) is 12.6. The Labute approximate surface area is 116 Å². The molecule has 1 nitrogen and oxygen atoms in total. The molecule has 2 N–H and O–H groups in total. The van der Waals surface area contributed by atoms with Gasteiger partial charge in [-0.1, -0.05) is 68.4 Å². The van der Waals surface area contributed by atoms with Crippen LogP contribution in [0.3, 0.4) is 0 Å². The van der Waals surface area contributed by atoms with Gasteiger partial charge in [0.2, 0.25) is 0 Å². The molecular weight excluding hydrogens is 230 g/mol. The van der Waals surface area contributed by atoms with Crippen molar-refractivity contribution in [3.05, 3.63) is 60.2 Å². The monoisotopic (exact) mass is 253 g/mol. The molecule has 0 amide bonds. The molecule has 0 aliphatic rings. The molecule has 2 aromatic rings. The van der Waals surface area contributed by atoms with E-state index in [4.69, 9.17) is 5.73 Å². The minimum absolute atomic E-state index is 0.477. The van der Waals surface area contributed by atoms with Crippen molar-refractivity contribution >= 4 is 0 Å². The van der Waals surface area contributed by atoms with Crippen LogP contribution >= 0.6 is 0 Å². The Balaban J connectivity index is 2.18. The lowest BCUT2D eigenvalue weighted by atomic mass is 9.89. The fourth-order valence-corrected chi connectivity index (χ4v) is 2.52. The Bertz CT molecular complexity index is 485. The fraction of sp³-hybridized carbons (Fsp3) is 0.333. The maximum absolute atomic E-state index is 5.90. The summed E-state index contributed by atoms with van der Waals surface area (Å²) in [5.41, 5.74) is 9.79. The van der Waals surface area contributed by atoms with E-state index in [1.54, 1.807) is 0 Å². The molecule has 19 heavy (non-hydrogen) atoms. The summed E-state index contributed by atoms with van der Waals surface area (Å²) >= 11 is 0. The average molecular weight is 253 g/mol. The van der Waals surface area contributed by atoms with Crippen molar-refractivity contribution in [1.82, 2.24) is 0 Å². The first-order valence-corrected chi connectivity index (χ1v) is 7.06. The molecule has 0 saturated heterocycles. The molecule has 2 aromatic carbocycles. The number of benzene rings is 2. The Morgan fingerprint density at radius 3 is 1.95 bits per heavy atom. The highest BCUT2D eigenvalue weighted by atomic mass is 14.5. The second-order valence-electron chi connectivity index (χ2n) is 5.55. The van der Waals surface area contributed by atoms with Gasteiger partial charge in [-0.2, -0.15) is 0 Å². The second kappa shape index (κ2) is 6.53. The Kier molecular flexibility index (Phi) is 4.75. The molecule has 1 heteroatoms. The van der Waals surface area contributed by atoms with Crippen LogP contribution in [0.5, 0.6) is 0 Å². The molecule has 0 saturated carbocycles. The van der Waals surface area contributed by atoms with Crippen LogP contribution in [-0.2, 0) is 0 Å². The molecule has 2 rings (SSSR count). The van der Waals surface area contributed by atoms with Crippen molar-refractivity contribution in [3.63, 3.8) is 0 Å². The summed E-state index contributed by atoms with van der Waals surface area (Å²) in [4.78, 5) is 0. The summed E-state index contributed by atoms with van der Waals surface area (Å²) in [5, 5.41) is 0. The summed E-state index contributed by atoms with van der Waals surface area (Å²) in [5.74, 6) is 1.16. The van der Waals surface area contributed by atoms with E-state index in [1.807, 2.05) is 6.07 Å². The van der Waals surface area contributed by atoms with Crippen LogP contribution in [0.1, 0.15) is 31.7 Å². The van der Waals surface area contributed by atoms with Crippen molar-refractivity contribution < 1.29 is 0 Å². The third-order valence-corrected chi connectivity index (χ3v) is 3.53. The van der Waals surface area contributed by atoms with Crippen LogP contribution in [-0.4, -0.2) is 6.54 Å². The Hall–Kier alpha value is -1.60. The average Bonchev–Trinajstić information content (AvgIpc) is 2.46.